The van der Waals surface area contributed by atoms with E-state index in [1.165, 1.54) is 82.5 Å². The van der Waals surface area contributed by atoms with Crippen molar-refractivity contribution in [2.24, 2.45) is 9.98 Å². The van der Waals surface area contributed by atoms with Crippen LogP contribution >= 0.6 is 0 Å². The minimum atomic E-state index is -0.513. The number of carbonyl (C=O) groups excluding carboxylic acids is 2. The van der Waals surface area contributed by atoms with Crippen LogP contribution in [0, 0.1) is 34.1 Å². The zero-order valence-corrected chi connectivity index (χ0v) is 31.0. The minimum absolute atomic E-state index is 0. The molecule has 2 heterocycles. The number of benzene rings is 4. The summed E-state index contributed by atoms with van der Waals surface area (Å²) in [5.74, 6) is -0.520. The molecule has 0 saturated heterocycles. The average Bonchev–Trinajstić information content (AvgIpc) is 3.63. The Morgan fingerprint density at radius 2 is 0.965 bits per heavy atom. The summed E-state index contributed by atoms with van der Waals surface area (Å²) < 4.78 is 2.48. The third kappa shape index (κ3) is 9.98. The van der Waals surface area contributed by atoms with Gasteiger partial charge in [0, 0.05) is 66.3 Å². The van der Waals surface area contributed by atoms with Gasteiger partial charge in [-0.05, 0) is 73.5 Å². The molecule has 0 bridgehead atoms. The monoisotopic (exact) mass is 819 g/mol. The van der Waals surface area contributed by atoms with Crippen molar-refractivity contribution in [2.75, 3.05) is 0 Å². The standard InChI is InChI=1S/2C19H16N4O5.Co/c2*1-12-16(11-20-17-10-13(8-9-24)2-7-18(17)25)19(26)22(21-12)14-3-5-15(6-4-14)23(27)28;/h2*2-7,9-11,25-26H,8H2,1H3;. The molecule has 0 atom stereocenters. The quantitative estimate of drug-likeness (QED) is 0.0481. The fraction of sp³-hybridized carbons (Fsp3) is 0.105. The second kappa shape index (κ2) is 18.7. The fourth-order valence-corrected chi connectivity index (χ4v) is 5.21. The van der Waals surface area contributed by atoms with Gasteiger partial charge in [-0.25, -0.2) is 9.36 Å². The summed E-state index contributed by atoms with van der Waals surface area (Å²) in [5, 5.41) is 70.8. The van der Waals surface area contributed by atoms with Gasteiger partial charge in [-0.1, -0.05) is 12.1 Å². The first-order valence-electron chi connectivity index (χ1n) is 16.5. The number of phenols is 2. The number of aryl methyl sites for hydroxylation is 2. The summed E-state index contributed by atoms with van der Waals surface area (Å²) in [5.41, 5.74) is 4.26. The molecule has 1 radical (unpaired) electrons. The summed E-state index contributed by atoms with van der Waals surface area (Å²) in [6, 6.07) is 20.4. The van der Waals surface area contributed by atoms with Crippen LogP contribution in [0.25, 0.3) is 11.4 Å². The molecule has 0 saturated carbocycles. The molecule has 18 nitrogen and oxygen atoms in total. The van der Waals surface area contributed by atoms with E-state index in [0.29, 0.717) is 45.0 Å². The molecule has 2 aromatic heterocycles. The van der Waals surface area contributed by atoms with E-state index in [9.17, 15) is 50.2 Å². The van der Waals surface area contributed by atoms with Gasteiger partial charge in [0.2, 0.25) is 11.8 Å². The zero-order valence-electron chi connectivity index (χ0n) is 30.0. The molecule has 0 aliphatic rings. The molecule has 6 rings (SSSR count). The number of hydrogen-bond acceptors (Lipinski definition) is 14. The molecule has 0 fully saturated rings. The Hall–Kier alpha value is -7.51. The van der Waals surface area contributed by atoms with Crippen LogP contribution in [0.1, 0.15) is 33.6 Å². The number of aldehydes is 2. The van der Waals surface area contributed by atoms with Gasteiger partial charge in [0.25, 0.3) is 11.4 Å². The van der Waals surface area contributed by atoms with Crippen LogP contribution in [0.15, 0.2) is 94.9 Å². The van der Waals surface area contributed by atoms with E-state index < -0.39 is 9.85 Å². The van der Waals surface area contributed by atoms with Crippen LogP contribution in [0.3, 0.4) is 0 Å². The van der Waals surface area contributed by atoms with Crippen molar-refractivity contribution in [1.29, 1.82) is 0 Å². The molecular formula is C38H32CoN8O10. The Balaban J connectivity index is 0.000000248. The molecule has 6 aromatic rings. The fourth-order valence-electron chi connectivity index (χ4n) is 5.21. The smallest absolute Gasteiger partial charge is 0.269 e. The molecule has 4 N–H and O–H groups in total. The third-order valence-electron chi connectivity index (χ3n) is 8.16. The van der Waals surface area contributed by atoms with Crippen LogP contribution in [0.2, 0.25) is 0 Å². The second-order valence-corrected chi connectivity index (χ2v) is 11.9. The van der Waals surface area contributed by atoms with Crippen molar-refractivity contribution in [2.45, 2.75) is 26.7 Å². The van der Waals surface area contributed by atoms with E-state index in [-0.39, 0.29) is 75.6 Å². The first-order chi connectivity index (χ1) is 26.8. The van der Waals surface area contributed by atoms with Crippen LogP contribution in [-0.2, 0) is 39.2 Å². The maximum Gasteiger partial charge on any atom is 0.269 e. The number of hydrogen-bond donors (Lipinski definition) is 4. The number of phenolic OH excluding ortho intramolecular Hbond substituents is 2. The molecule has 0 unspecified atom stereocenters. The van der Waals surface area contributed by atoms with Crippen molar-refractivity contribution < 1.29 is 56.6 Å². The number of nitro benzene ring substituents is 2. The first-order valence-corrected chi connectivity index (χ1v) is 16.5. The van der Waals surface area contributed by atoms with E-state index in [2.05, 4.69) is 20.2 Å². The second-order valence-electron chi connectivity index (χ2n) is 11.9. The van der Waals surface area contributed by atoms with Crippen molar-refractivity contribution in [3.63, 3.8) is 0 Å². The Bertz CT molecular complexity index is 2320. The Morgan fingerprint density at radius 1 is 0.614 bits per heavy atom. The number of aliphatic imine (C=N–C) groups is 2. The normalized spacial score (nSPS) is 10.8. The van der Waals surface area contributed by atoms with Gasteiger partial charge in [-0.15, -0.1) is 0 Å². The van der Waals surface area contributed by atoms with E-state index >= 15 is 0 Å². The largest absolute Gasteiger partial charge is 0.506 e. The van der Waals surface area contributed by atoms with Gasteiger partial charge in [0.1, 0.15) is 35.4 Å². The summed E-state index contributed by atoms with van der Waals surface area (Å²) in [6.45, 7) is 3.34. The molecule has 0 aliphatic carbocycles. The molecule has 19 heteroatoms. The molecule has 293 valence electrons. The van der Waals surface area contributed by atoms with Gasteiger partial charge in [0.15, 0.2) is 0 Å². The maximum atomic E-state index is 10.8. The molecule has 0 spiro atoms. The van der Waals surface area contributed by atoms with Gasteiger partial charge in [-0.2, -0.15) is 10.2 Å². The Labute approximate surface area is 333 Å². The van der Waals surface area contributed by atoms with Gasteiger partial charge in [-0.3, -0.25) is 30.2 Å². The Morgan fingerprint density at radius 3 is 1.28 bits per heavy atom. The first kappa shape index (κ1) is 42.2. The number of nitrogens with zero attached hydrogens (tertiary/aromatic N) is 8. The van der Waals surface area contributed by atoms with E-state index in [0.717, 1.165) is 12.6 Å². The molecular weight excluding hydrogens is 787 g/mol. The molecule has 57 heavy (non-hydrogen) atoms. The molecule has 0 amide bonds. The number of nitro groups is 2. The van der Waals surface area contributed by atoms with Crippen molar-refractivity contribution in [1.82, 2.24) is 19.6 Å². The van der Waals surface area contributed by atoms with Crippen molar-refractivity contribution in [3.8, 4) is 34.6 Å². The van der Waals surface area contributed by atoms with Gasteiger partial charge in [0.05, 0.1) is 43.7 Å². The number of aromatic nitrogens is 4. The van der Waals surface area contributed by atoms with Crippen molar-refractivity contribution >= 4 is 47.8 Å². The summed E-state index contributed by atoms with van der Waals surface area (Å²) >= 11 is 0. The number of non-ortho nitro benzene ring substituents is 2. The molecule has 0 aliphatic heterocycles. The predicted molar refractivity (Wildman–Crippen MR) is 203 cm³/mol. The number of carbonyl (C=O) groups is 2. The van der Waals surface area contributed by atoms with Crippen LogP contribution in [0.5, 0.6) is 23.3 Å². The van der Waals surface area contributed by atoms with E-state index in [4.69, 9.17) is 0 Å². The van der Waals surface area contributed by atoms with Gasteiger partial charge < -0.3 is 30.0 Å². The third-order valence-corrected chi connectivity index (χ3v) is 8.16. The van der Waals surface area contributed by atoms with Crippen LogP contribution < -0.4 is 0 Å². The number of rotatable bonds is 12. The topological polar surface area (TPSA) is 262 Å². The predicted octanol–water partition coefficient (Wildman–Crippen LogP) is 5.98. The summed E-state index contributed by atoms with van der Waals surface area (Å²) in [6.07, 6.45) is 4.63. The zero-order chi connectivity index (χ0) is 40.5. The molecule has 4 aromatic carbocycles. The Kier molecular flexibility index (Phi) is 13.8. The van der Waals surface area contributed by atoms with Crippen LogP contribution in [0.4, 0.5) is 22.7 Å². The average molecular weight is 820 g/mol. The van der Waals surface area contributed by atoms with Crippen molar-refractivity contribution in [3.05, 3.63) is 139 Å². The maximum absolute atomic E-state index is 10.8. The van der Waals surface area contributed by atoms with E-state index in [1.54, 1.807) is 38.1 Å². The van der Waals surface area contributed by atoms with E-state index in [1.807, 2.05) is 0 Å². The van der Waals surface area contributed by atoms with Crippen LogP contribution in [-0.4, -0.2) is 74.8 Å². The summed E-state index contributed by atoms with van der Waals surface area (Å²) in [4.78, 5) is 50.2. The van der Waals surface area contributed by atoms with Gasteiger partial charge >= 0.3 is 0 Å². The number of aromatic hydroxyl groups is 4. The minimum Gasteiger partial charge on any atom is -0.506 e. The SMILES string of the molecule is Cc1nn(-c2ccc([N+](=O)[O-])cc2)c(O)c1C=Nc1cc(CC=O)ccc1O.Cc1nn(-c2ccc([N+](=O)[O-])cc2)c(O)c1C=Nc1cc(CC=O)ccc1O.[Co]. The summed E-state index contributed by atoms with van der Waals surface area (Å²) in [7, 11) is 0.